The summed E-state index contributed by atoms with van der Waals surface area (Å²) in [6.07, 6.45) is 2.59. The van der Waals surface area contributed by atoms with Crippen molar-refractivity contribution in [2.45, 2.75) is 87.2 Å². The Morgan fingerprint density at radius 3 is 1.53 bits per heavy atom. The number of rotatable bonds is 1. The van der Waals surface area contributed by atoms with Gasteiger partial charge < -0.3 is 5.32 Å². The molecule has 1 nitrogen and oxygen atoms in total. The first-order chi connectivity index (χ1) is 8.53. The molecular formula is C18H37N. The Kier molecular flexibility index (Phi) is 5.15. The van der Waals surface area contributed by atoms with E-state index in [2.05, 4.69) is 67.6 Å². The zero-order valence-electron chi connectivity index (χ0n) is 14.8. The predicted molar refractivity (Wildman–Crippen MR) is 86.3 cm³/mol. The maximum Gasteiger partial charge on any atom is 0.00439 e. The second-order valence-corrected chi connectivity index (χ2v) is 8.58. The van der Waals surface area contributed by atoms with Gasteiger partial charge in [-0.05, 0) is 55.3 Å². The summed E-state index contributed by atoms with van der Waals surface area (Å²) in [5.74, 6) is 2.25. The summed E-state index contributed by atoms with van der Waals surface area (Å²) in [5, 5.41) is 3.77. The molecule has 1 aliphatic heterocycles. The van der Waals surface area contributed by atoms with Crippen LogP contribution in [0.1, 0.15) is 75.2 Å². The lowest BCUT2D eigenvalue weighted by Gasteiger charge is -2.58. The van der Waals surface area contributed by atoms with Crippen LogP contribution in [0.2, 0.25) is 0 Å². The molecule has 1 rings (SSSR count). The average Bonchev–Trinajstić information content (AvgIpc) is 2.11. The van der Waals surface area contributed by atoms with Gasteiger partial charge in [-0.2, -0.15) is 0 Å². The van der Waals surface area contributed by atoms with Gasteiger partial charge in [0.25, 0.3) is 0 Å². The summed E-state index contributed by atoms with van der Waals surface area (Å²) in [4.78, 5) is 0. The molecule has 0 saturated carbocycles. The summed E-state index contributed by atoms with van der Waals surface area (Å²) in [5.41, 5.74) is 0.786. The largest absolute Gasteiger partial charge is 0.312 e. The molecule has 0 amide bonds. The summed E-state index contributed by atoms with van der Waals surface area (Å²) >= 11 is 0. The van der Waals surface area contributed by atoms with Crippen LogP contribution >= 0.6 is 0 Å². The quantitative estimate of drug-likeness (QED) is 0.696. The van der Waals surface area contributed by atoms with E-state index in [1.54, 1.807) is 0 Å². The van der Waals surface area contributed by atoms with Crippen LogP contribution in [-0.4, -0.2) is 12.1 Å². The fraction of sp³-hybridized carbons (Fsp3) is 1.00. The highest BCUT2D eigenvalue weighted by Crippen LogP contribution is 2.58. The van der Waals surface area contributed by atoms with Gasteiger partial charge in [0.05, 0.1) is 0 Å². The van der Waals surface area contributed by atoms with E-state index in [-0.39, 0.29) is 0 Å². The highest BCUT2D eigenvalue weighted by atomic mass is 14.9. The van der Waals surface area contributed by atoms with Crippen molar-refractivity contribution in [2.24, 2.45) is 28.6 Å². The maximum atomic E-state index is 3.77. The molecule has 1 heteroatoms. The van der Waals surface area contributed by atoms with E-state index < -0.39 is 0 Å². The van der Waals surface area contributed by atoms with Crippen LogP contribution in [0.15, 0.2) is 0 Å². The van der Waals surface area contributed by atoms with E-state index >= 15 is 0 Å². The topological polar surface area (TPSA) is 12.0 Å². The lowest BCUT2D eigenvalue weighted by molar-refractivity contribution is -0.0916. The van der Waals surface area contributed by atoms with E-state index in [1.807, 2.05) is 0 Å². The van der Waals surface area contributed by atoms with E-state index in [9.17, 15) is 0 Å². The zero-order chi connectivity index (χ0) is 15.0. The lowest BCUT2D eigenvalue weighted by atomic mass is 9.48. The lowest BCUT2D eigenvalue weighted by Crippen LogP contribution is -2.55. The summed E-state index contributed by atoms with van der Waals surface area (Å²) in [6, 6.07) is 1.27. The number of hydrogen-bond acceptors (Lipinski definition) is 1. The van der Waals surface area contributed by atoms with E-state index in [0.717, 1.165) is 17.8 Å². The first-order valence-electron chi connectivity index (χ1n) is 8.29. The monoisotopic (exact) mass is 267 g/mol. The summed E-state index contributed by atoms with van der Waals surface area (Å²) in [6.45, 7) is 22.0. The normalized spacial score (nSPS) is 42.0. The first kappa shape index (κ1) is 17.0. The van der Waals surface area contributed by atoms with Crippen LogP contribution in [0.4, 0.5) is 0 Å². The smallest absolute Gasteiger partial charge is 0.00439 e. The standard InChI is InChI=1S/C18H37N/c1-12(2)18(17(7,8)9)13(3)10-15(5)19-16(6)11-14(18)4/h12-16,19H,10-11H2,1-9H3. The molecule has 1 fully saturated rings. The molecule has 0 aliphatic carbocycles. The average molecular weight is 268 g/mol. The Morgan fingerprint density at radius 1 is 0.895 bits per heavy atom. The minimum atomic E-state index is 0.358. The third-order valence-corrected chi connectivity index (χ3v) is 5.87. The van der Waals surface area contributed by atoms with Crippen molar-refractivity contribution in [3.05, 3.63) is 0 Å². The van der Waals surface area contributed by atoms with E-state index in [1.165, 1.54) is 12.8 Å². The van der Waals surface area contributed by atoms with Crippen molar-refractivity contribution in [1.82, 2.24) is 5.32 Å². The molecule has 1 N–H and O–H groups in total. The maximum absolute atomic E-state index is 3.77. The number of hydrogen-bond donors (Lipinski definition) is 1. The van der Waals surface area contributed by atoms with Crippen LogP contribution < -0.4 is 5.32 Å². The SMILES string of the molecule is CC1CC(C)C(C(C)C)(C(C)(C)C)C(C)CC(C)N1. The highest BCUT2D eigenvalue weighted by molar-refractivity contribution is 5.02. The Balaban J connectivity index is 3.28. The van der Waals surface area contributed by atoms with E-state index in [4.69, 9.17) is 0 Å². The van der Waals surface area contributed by atoms with Gasteiger partial charge in [0.1, 0.15) is 0 Å². The summed E-state index contributed by atoms with van der Waals surface area (Å²) < 4.78 is 0. The minimum absolute atomic E-state index is 0.358. The van der Waals surface area contributed by atoms with Crippen LogP contribution in [-0.2, 0) is 0 Å². The van der Waals surface area contributed by atoms with Crippen LogP contribution in [0.25, 0.3) is 0 Å². The molecule has 0 aromatic carbocycles. The van der Waals surface area contributed by atoms with Crippen molar-refractivity contribution < 1.29 is 0 Å². The Hall–Kier alpha value is -0.0400. The molecule has 114 valence electrons. The second kappa shape index (κ2) is 5.76. The van der Waals surface area contributed by atoms with Gasteiger partial charge in [-0.1, -0.05) is 48.5 Å². The Bertz CT molecular complexity index is 271. The predicted octanol–water partition coefficient (Wildman–Crippen LogP) is 5.11. The molecule has 0 aromatic heterocycles. The third kappa shape index (κ3) is 3.01. The van der Waals surface area contributed by atoms with Crippen molar-refractivity contribution in [2.75, 3.05) is 0 Å². The molecule has 0 aromatic rings. The van der Waals surface area contributed by atoms with Crippen LogP contribution in [0, 0.1) is 28.6 Å². The molecule has 1 saturated heterocycles. The van der Waals surface area contributed by atoms with Gasteiger partial charge in [-0.15, -0.1) is 0 Å². The third-order valence-electron chi connectivity index (χ3n) is 5.87. The second-order valence-electron chi connectivity index (χ2n) is 8.58. The fourth-order valence-corrected chi connectivity index (χ4v) is 6.04. The van der Waals surface area contributed by atoms with Crippen molar-refractivity contribution in [1.29, 1.82) is 0 Å². The van der Waals surface area contributed by atoms with Crippen LogP contribution in [0.3, 0.4) is 0 Å². The van der Waals surface area contributed by atoms with Gasteiger partial charge in [0.15, 0.2) is 0 Å². The summed E-state index contributed by atoms with van der Waals surface area (Å²) in [7, 11) is 0. The van der Waals surface area contributed by atoms with Crippen molar-refractivity contribution in [3.8, 4) is 0 Å². The molecule has 4 atom stereocenters. The Labute approximate surface area is 121 Å². The van der Waals surface area contributed by atoms with Gasteiger partial charge in [0, 0.05) is 12.1 Å². The number of nitrogens with one attached hydrogen (secondary N) is 1. The molecule has 0 bridgehead atoms. The van der Waals surface area contributed by atoms with Gasteiger partial charge in [-0.3, -0.25) is 0 Å². The minimum Gasteiger partial charge on any atom is -0.312 e. The van der Waals surface area contributed by atoms with Gasteiger partial charge in [-0.25, -0.2) is 0 Å². The molecular weight excluding hydrogens is 230 g/mol. The Morgan fingerprint density at radius 2 is 1.26 bits per heavy atom. The fourth-order valence-electron chi connectivity index (χ4n) is 6.04. The molecule has 19 heavy (non-hydrogen) atoms. The van der Waals surface area contributed by atoms with Gasteiger partial charge in [0.2, 0.25) is 0 Å². The van der Waals surface area contributed by atoms with E-state index in [0.29, 0.717) is 22.9 Å². The molecule has 4 unspecified atom stereocenters. The van der Waals surface area contributed by atoms with Crippen LogP contribution in [0.5, 0.6) is 0 Å². The molecule has 0 spiro atoms. The molecule has 0 radical (unpaired) electrons. The zero-order valence-corrected chi connectivity index (χ0v) is 14.8. The van der Waals surface area contributed by atoms with Gasteiger partial charge >= 0.3 is 0 Å². The van der Waals surface area contributed by atoms with Crippen molar-refractivity contribution >= 4 is 0 Å². The molecule has 1 aliphatic rings. The van der Waals surface area contributed by atoms with Crippen molar-refractivity contribution in [3.63, 3.8) is 0 Å². The molecule has 1 heterocycles. The highest BCUT2D eigenvalue weighted by Gasteiger charge is 2.52. The first-order valence-corrected chi connectivity index (χ1v) is 8.29.